The zero-order valence-electron chi connectivity index (χ0n) is 13.2. The lowest BCUT2D eigenvalue weighted by molar-refractivity contribution is -0.126. The molecule has 0 atom stereocenters. The number of hydrogen-bond donors (Lipinski definition) is 2. The second-order valence-corrected chi connectivity index (χ2v) is 5.19. The van der Waals surface area contributed by atoms with E-state index in [0.717, 1.165) is 28.8 Å². The third-order valence-electron chi connectivity index (χ3n) is 3.11. The molecule has 0 fully saturated rings. The number of carbonyl (C=O) groups excluding carboxylic acids is 2. The molecule has 1 aromatic carbocycles. The SMILES string of the molecule is COCCCNC(=O)CC(=O)Nc1c(C)cc(C)cc1C. The Labute approximate surface area is 126 Å². The fraction of sp³-hybridized carbons (Fsp3) is 0.500. The van der Waals surface area contributed by atoms with Gasteiger partial charge >= 0.3 is 0 Å². The van der Waals surface area contributed by atoms with E-state index in [-0.39, 0.29) is 18.2 Å². The van der Waals surface area contributed by atoms with Crippen LogP contribution in [-0.2, 0) is 14.3 Å². The number of anilines is 1. The Kier molecular flexibility index (Phi) is 6.88. The highest BCUT2D eigenvalue weighted by Gasteiger charge is 2.12. The van der Waals surface area contributed by atoms with Crippen LogP contribution in [0.2, 0.25) is 0 Å². The minimum Gasteiger partial charge on any atom is -0.385 e. The minimum atomic E-state index is -0.297. The predicted molar refractivity (Wildman–Crippen MR) is 83.4 cm³/mol. The molecule has 0 saturated heterocycles. The van der Waals surface area contributed by atoms with Crippen molar-refractivity contribution in [1.29, 1.82) is 0 Å². The van der Waals surface area contributed by atoms with Crippen LogP contribution < -0.4 is 10.6 Å². The molecule has 0 spiro atoms. The first-order valence-corrected chi connectivity index (χ1v) is 7.07. The van der Waals surface area contributed by atoms with Crippen LogP contribution in [0.1, 0.15) is 29.5 Å². The van der Waals surface area contributed by atoms with Crippen molar-refractivity contribution >= 4 is 17.5 Å². The third kappa shape index (κ3) is 5.95. The van der Waals surface area contributed by atoms with Crippen LogP contribution >= 0.6 is 0 Å². The van der Waals surface area contributed by atoms with E-state index >= 15 is 0 Å². The number of benzene rings is 1. The van der Waals surface area contributed by atoms with Gasteiger partial charge in [0.2, 0.25) is 11.8 Å². The fourth-order valence-corrected chi connectivity index (χ4v) is 2.21. The molecule has 0 aromatic heterocycles. The Morgan fingerprint density at radius 1 is 1.10 bits per heavy atom. The van der Waals surface area contributed by atoms with Crippen molar-refractivity contribution < 1.29 is 14.3 Å². The Morgan fingerprint density at radius 3 is 2.29 bits per heavy atom. The lowest BCUT2D eigenvalue weighted by Crippen LogP contribution is -2.29. The smallest absolute Gasteiger partial charge is 0.233 e. The van der Waals surface area contributed by atoms with Crippen LogP contribution in [0.4, 0.5) is 5.69 Å². The number of nitrogens with one attached hydrogen (secondary N) is 2. The fourth-order valence-electron chi connectivity index (χ4n) is 2.21. The van der Waals surface area contributed by atoms with Gasteiger partial charge in [0, 0.05) is 25.9 Å². The highest BCUT2D eigenvalue weighted by molar-refractivity contribution is 6.04. The van der Waals surface area contributed by atoms with Gasteiger partial charge in [-0.1, -0.05) is 17.7 Å². The van der Waals surface area contributed by atoms with Gasteiger partial charge in [0.1, 0.15) is 6.42 Å². The Hall–Kier alpha value is -1.88. The highest BCUT2D eigenvalue weighted by atomic mass is 16.5. The van der Waals surface area contributed by atoms with Crippen LogP contribution in [-0.4, -0.2) is 32.1 Å². The molecule has 0 radical (unpaired) electrons. The van der Waals surface area contributed by atoms with E-state index < -0.39 is 0 Å². The zero-order valence-corrected chi connectivity index (χ0v) is 13.2. The number of rotatable bonds is 7. The zero-order chi connectivity index (χ0) is 15.8. The molecule has 0 bridgehead atoms. The average Bonchev–Trinajstić information content (AvgIpc) is 2.39. The average molecular weight is 292 g/mol. The summed E-state index contributed by atoms with van der Waals surface area (Å²) < 4.78 is 4.89. The first-order valence-electron chi connectivity index (χ1n) is 7.07. The van der Waals surface area contributed by atoms with Crippen LogP contribution in [0.3, 0.4) is 0 Å². The molecule has 0 aliphatic rings. The van der Waals surface area contributed by atoms with Crippen LogP contribution in [0.15, 0.2) is 12.1 Å². The summed E-state index contributed by atoms with van der Waals surface area (Å²) in [6, 6.07) is 4.01. The summed E-state index contributed by atoms with van der Waals surface area (Å²) in [5, 5.41) is 5.51. The molecule has 0 saturated carbocycles. The number of aryl methyl sites for hydroxylation is 3. The topological polar surface area (TPSA) is 67.4 Å². The van der Waals surface area contributed by atoms with Crippen molar-refractivity contribution in [3.63, 3.8) is 0 Å². The molecule has 21 heavy (non-hydrogen) atoms. The quantitative estimate of drug-likeness (QED) is 0.597. The molecule has 116 valence electrons. The highest BCUT2D eigenvalue weighted by Crippen LogP contribution is 2.21. The van der Waals surface area contributed by atoms with Gasteiger partial charge < -0.3 is 15.4 Å². The summed E-state index contributed by atoms with van der Waals surface area (Å²) >= 11 is 0. The molecule has 1 aromatic rings. The molecule has 1 rings (SSSR count). The largest absolute Gasteiger partial charge is 0.385 e. The van der Waals surface area contributed by atoms with E-state index in [4.69, 9.17) is 4.74 Å². The van der Waals surface area contributed by atoms with Gasteiger partial charge in [0.05, 0.1) is 0 Å². The molecular formula is C16H24N2O3. The van der Waals surface area contributed by atoms with Crippen molar-refractivity contribution in [1.82, 2.24) is 5.32 Å². The summed E-state index contributed by atoms with van der Waals surface area (Å²) in [4.78, 5) is 23.5. The van der Waals surface area contributed by atoms with E-state index in [9.17, 15) is 9.59 Å². The van der Waals surface area contributed by atoms with Gasteiger partial charge in [-0.3, -0.25) is 9.59 Å². The maximum absolute atomic E-state index is 11.9. The number of methoxy groups -OCH3 is 1. The van der Waals surface area contributed by atoms with E-state index in [1.54, 1.807) is 7.11 Å². The molecule has 0 heterocycles. The molecule has 0 unspecified atom stereocenters. The molecular weight excluding hydrogens is 268 g/mol. The van der Waals surface area contributed by atoms with Gasteiger partial charge in [-0.25, -0.2) is 0 Å². The van der Waals surface area contributed by atoms with Gasteiger partial charge in [-0.05, 0) is 38.3 Å². The van der Waals surface area contributed by atoms with Gasteiger partial charge in [-0.15, -0.1) is 0 Å². The second-order valence-electron chi connectivity index (χ2n) is 5.19. The summed E-state index contributed by atoms with van der Waals surface area (Å²) in [5.74, 6) is -0.569. The lowest BCUT2D eigenvalue weighted by Gasteiger charge is -2.12. The van der Waals surface area contributed by atoms with Crippen molar-refractivity contribution in [3.05, 3.63) is 28.8 Å². The summed E-state index contributed by atoms with van der Waals surface area (Å²) in [6.45, 7) is 7.01. The molecule has 2 N–H and O–H groups in total. The van der Waals surface area contributed by atoms with E-state index in [2.05, 4.69) is 10.6 Å². The minimum absolute atomic E-state index is 0.167. The monoisotopic (exact) mass is 292 g/mol. The number of ether oxygens (including phenoxy) is 1. The summed E-state index contributed by atoms with van der Waals surface area (Å²) in [6.07, 6.45) is 0.569. The number of carbonyl (C=O) groups is 2. The second kappa shape index (κ2) is 8.42. The lowest BCUT2D eigenvalue weighted by atomic mass is 10.1. The van der Waals surface area contributed by atoms with E-state index in [1.807, 2.05) is 32.9 Å². The van der Waals surface area contributed by atoms with Gasteiger partial charge in [0.15, 0.2) is 0 Å². The summed E-state index contributed by atoms with van der Waals surface area (Å²) in [5.41, 5.74) is 3.94. The normalized spacial score (nSPS) is 10.3. The molecule has 2 amide bonds. The van der Waals surface area contributed by atoms with Crippen LogP contribution in [0, 0.1) is 20.8 Å². The Balaban J connectivity index is 2.49. The van der Waals surface area contributed by atoms with Gasteiger partial charge in [-0.2, -0.15) is 0 Å². The van der Waals surface area contributed by atoms with Crippen LogP contribution in [0.25, 0.3) is 0 Å². The van der Waals surface area contributed by atoms with Crippen molar-refractivity contribution in [3.8, 4) is 0 Å². The van der Waals surface area contributed by atoms with Crippen molar-refractivity contribution in [2.75, 3.05) is 25.6 Å². The van der Waals surface area contributed by atoms with E-state index in [0.29, 0.717) is 13.2 Å². The standard InChI is InChI=1S/C16H24N2O3/c1-11-8-12(2)16(13(3)9-11)18-15(20)10-14(19)17-6-5-7-21-4/h8-9H,5-7,10H2,1-4H3,(H,17,19)(H,18,20). The molecule has 5 nitrogen and oxygen atoms in total. The Morgan fingerprint density at radius 2 is 1.71 bits per heavy atom. The maximum atomic E-state index is 11.9. The van der Waals surface area contributed by atoms with Crippen LogP contribution in [0.5, 0.6) is 0 Å². The third-order valence-corrected chi connectivity index (χ3v) is 3.11. The first-order chi connectivity index (χ1) is 9.93. The number of amides is 2. The maximum Gasteiger partial charge on any atom is 0.233 e. The predicted octanol–water partition coefficient (Wildman–Crippen LogP) is 2.09. The van der Waals surface area contributed by atoms with E-state index in [1.165, 1.54) is 0 Å². The van der Waals surface area contributed by atoms with Crippen molar-refractivity contribution in [2.45, 2.75) is 33.6 Å². The van der Waals surface area contributed by atoms with Crippen molar-refractivity contribution in [2.24, 2.45) is 0 Å². The molecule has 0 aliphatic carbocycles. The van der Waals surface area contributed by atoms with Gasteiger partial charge in [0.25, 0.3) is 0 Å². The molecule has 0 aliphatic heterocycles. The first kappa shape index (κ1) is 17.2. The number of hydrogen-bond acceptors (Lipinski definition) is 3. The Bertz CT molecular complexity index is 489. The summed E-state index contributed by atoms with van der Waals surface area (Å²) in [7, 11) is 1.61. The molecule has 5 heteroatoms.